The van der Waals surface area contributed by atoms with Crippen molar-refractivity contribution in [2.45, 2.75) is 12.6 Å². The van der Waals surface area contributed by atoms with Crippen molar-refractivity contribution in [2.75, 3.05) is 6.54 Å². The number of carbonyl (C=O) groups excluding carboxylic acids is 1. The molecule has 10 heteroatoms. The average Bonchev–Trinajstić information content (AvgIpc) is 3.22. The first kappa shape index (κ1) is 19.2. The summed E-state index contributed by atoms with van der Waals surface area (Å²) in [6.07, 6.45) is 0. The van der Waals surface area contributed by atoms with E-state index >= 15 is 0 Å². The molecular weight excluding hydrogens is 392 g/mol. The third-order valence-electron chi connectivity index (χ3n) is 3.86. The predicted octanol–water partition coefficient (Wildman–Crippen LogP) is 2.12. The predicted molar refractivity (Wildman–Crippen MR) is 102 cm³/mol. The Morgan fingerprint density at radius 1 is 1.33 bits per heavy atom. The lowest BCUT2D eigenvalue weighted by atomic mass is 10.2. The van der Waals surface area contributed by atoms with Gasteiger partial charge in [-0.25, -0.2) is 4.98 Å². The van der Waals surface area contributed by atoms with Gasteiger partial charge in [-0.1, -0.05) is 23.7 Å². The first-order valence-electron chi connectivity index (χ1n) is 7.91. The summed E-state index contributed by atoms with van der Waals surface area (Å²) >= 11 is 6.91. The number of H-pyrrole nitrogens is 1. The lowest BCUT2D eigenvalue weighted by molar-refractivity contribution is 0.0930. The monoisotopic (exact) mass is 408 g/mol. The molecule has 27 heavy (non-hydrogen) atoms. The SMILES string of the molecule is NCC(NC(=O)c1[nH]c(-c2ccc(Cl)cc2)cc1O)c1nc(O)c(CO)s1. The van der Waals surface area contributed by atoms with Crippen LogP contribution < -0.4 is 11.1 Å². The number of nitrogens with two attached hydrogens (primary N) is 1. The molecule has 0 aliphatic heterocycles. The number of carbonyl (C=O) groups is 1. The molecule has 0 bridgehead atoms. The molecule has 2 aromatic heterocycles. The molecule has 1 atom stereocenters. The number of nitrogens with one attached hydrogen (secondary N) is 2. The smallest absolute Gasteiger partial charge is 0.272 e. The maximum absolute atomic E-state index is 12.6. The van der Waals surface area contributed by atoms with Crippen LogP contribution >= 0.6 is 22.9 Å². The van der Waals surface area contributed by atoms with Crippen molar-refractivity contribution in [3.05, 3.63) is 50.9 Å². The number of amides is 1. The fourth-order valence-corrected chi connectivity index (χ4v) is 3.48. The number of aliphatic hydroxyl groups is 1. The number of benzene rings is 1. The summed E-state index contributed by atoms with van der Waals surface area (Å²) in [5.74, 6) is -1.09. The van der Waals surface area contributed by atoms with Crippen LogP contribution in [0.3, 0.4) is 0 Å². The number of aromatic amines is 1. The highest BCUT2D eigenvalue weighted by Gasteiger charge is 2.23. The summed E-state index contributed by atoms with van der Waals surface area (Å²) in [6.45, 7) is -0.342. The van der Waals surface area contributed by atoms with Gasteiger partial charge in [-0.15, -0.1) is 11.3 Å². The second-order valence-electron chi connectivity index (χ2n) is 5.67. The van der Waals surface area contributed by atoms with Gasteiger partial charge in [-0.3, -0.25) is 4.79 Å². The van der Waals surface area contributed by atoms with E-state index in [-0.39, 0.29) is 35.4 Å². The molecule has 8 nitrogen and oxygen atoms in total. The molecule has 142 valence electrons. The number of aliphatic hydroxyl groups excluding tert-OH is 1. The summed E-state index contributed by atoms with van der Waals surface area (Å²) in [7, 11) is 0. The molecule has 0 saturated carbocycles. The Morgan fingerprint density at radius 3 is 2.63 bits per heavy atom. The Morgan fingerprint density at radius 2 is 2.04 bits per heavy atom. The zero-order valence-electron chi connectivity index (χ0n) is 13.9. The molecule has 1 unspecified atom stereocenters. The van der Waals surface area contributed by atoms with E-state index in [4.69, 9.17) is 22.4 Å². The molecule has 7 N–H and O–H groups in total. The van der Waals surface area contributed by atoms with Gasteiger partial charge in [0, 0.05) is 23.3 Å². The summed E-state index contributed by atoms with van der Waals surface area (Å²) in [4.78, 5) is 19.6. The molecule has 0 aliphatic carbocycles. The minimum atomic E-state index is -0.685. The van der Waals surface area contributed by atoms with Crippen molar-refractivity contribution in [1.29, 1.82) is 0 Å². The second-order valence-corrected chi connectivity index (χ2v) is 7.22. The van der Waals surface area contributed by atoms with Crippen LogP contribution in [0, 0.1) is 0 Å². The second kappa shape index (κ2) is 7.97. The first-order valence-corrected chi connectivity index (χ1v) is 9.10. The van der Waals surface area contributed by atoms with E-state index in [2.05, 4.69) is 15.3 Å². The fourth-order valence-electron chi connectivity index (χ4n) is 2.47. The van der Waals surface area contributed by atoms with Gasteiger partial charge in [0.2, 0.25) is 5.88 Å². The van der Waals surface area contributed by atoms with Crippen LogP contribution in [0.25, 0.3) is 11.3 Å². The zero-order valence-corrected chi connectivity index (χ0v) is 15.5. The minimum Gasteiger partial charge on any atom is -0.505 e. The Balaban J connectivity index is 1.81. The third-order valence-corrected chi connectivity index (χ3v) is 5.25. The molecule has 1 aromatic carbocycles. The van der Waals surface area contributed by atoms with E-state index < -0.39 is 11.9 Å². The van der Waals surface area contributed by atoms with Gasteiger partial charge >= 0.3 is 0 Å². The lowest BCUT2D eigenvalue weighted by Gasteiger charge is -2.13. The quantitative estimate of drug-likeness (QED) is 0.368. The fraction of sp³-hybridized carbons (Fsp3) is 0.176. The van der Waals surface area contributed by atoms with Gasteiger partial charge in [0.05, 0.1) is 17.5 Å². The molecule has 0 spiro atoms. The molecule has 0 radical (unpaired) electrons. The van der Waals surface area contributed by atoms with Crippen LogP contribution in [0.5, 0.6) is 11.6 Å². The normalized spacial score (nSPS) is 12.1. The summed E-state index contributed by atoms with van der Waals surface area (Å²) in [5, 5.41) is 32.5. The van der Waals surface area contributed by atoms with Crippen LogP contribution in [-0.2, 0) is 6.61 Å². The highest BCUT2D eigenvalue weighted by molar-refractivity contribution is 7.12. The number of hydrogen-bond donors (Lipinski definition) is 6. The van der Waals surface area contributed by atoms with E-state index in [1.807, 2.05) is 0 Å². The Kier molecular flexibility index (Phi) is 5.66. The van der Waals surface area contributed by atoms with Crippen molar-refractivity contribution >= 4 is 28.8 Å². The highest BCUT2D eigenvalue weighted by Crippen LogP contribution is 2.30. The molecule has 3 rings (SSSR count). The first-order chi connectivity index (χ1) is 12.9. The van der Waals surface area contributed by atoms with Crippen LogP contribution in [0.4, 0.5) is 0 Å². The zero-order chi connectivity index (χ0) is 19.6. The summed E-state index contributed by atoms with van der Waals surface area (Å²) in [5.41, 5.74) is 6.98. The van der Waals surface area contributed by atoms with E-state index in [1.54, 1.807) is 24.3 Å². The number of thiazole rings is 1. The summed E-state index contributed by atoms with van der Waals surface area (Å²) < 4.78 is 0. The van der Waals surface area contributed by atoms with Crippen LogP contribution in [0.15, 0.2) is 30.3 Å². The van der Waals surface area contributed by atoms with Gasteiger partial charge in [0.25, 0.3) is 5.91 Å². The topological polar surface area (TPSA) is 144 Å². The average molecular weight is 409 g/mol. The van der Waals surface area contributed by atoms with E-state index in [0.717, 1.165) is 16.9 Å². The minimum absolute atomic E-state index is 0.0229. The van der Waals surface area contributed by atoms with Crippen molar-refractivity contribution in [1.82, 2.24) is 15.3 Å². The van der Waals surface area contributed by atoms with E-state index in [0.29, 0.717) is 15.7 Å². The highest BCUT2D eigenvalue weighted by atomic mass is 35.5. The van der Waals surface area contributed by atoms with E-state index in [9.17, 15) is 15.0 Å². The van der Waals surface area contributed by atoms with Crippen LogP contribution in [0.1, 0.15) is 26.4 Å². The number of rotatable bonds is 6. The molecule has 2 heterocycles. The number of hydrogen-bond acceptors (Lipinski definition) is 7. The molecule has 3 aromatic rings. The van der Waals surface area contributed by atoms with Crippen molar-refractivity contribution in [3.8, 4) is 22.9 Å². The van der Waals surface area contributed by atoms with Gasteiger partial charge in [0.15, 0.2) is 0 Å². The van der Waals surface area contributed by atoms with Crippen molar-refractivity contribution in [3.63, 3.8) is 0 Å². The van der Waals surface area contributed by atoms with Crippen molar-refractivity contribution in [2.24, 2.45) is 5.73 Å². The van der Waals surface area contributed by atoms with Crippen molar-refractivity contribution < 1.29 is 20.1 Å². The Bertz CT molecular complexity index is 955. The standard InChI is InChI=1S/C17H17ClN4O4S/c18-9-3-1-8(2-4-9)10-5-12(24)14(20-10)16(26)21-11(6-19)17-22-15(25)13(7-23)27-17/h1-5,11,20,23-25H,6-7,19H2,(H,21,26). The number of nitrogens with zero attached hydrogens (tertiary/aromatic N) is 1. The largest absolute Gasteiger partial charge is 0.505 e. The number of aromatic nitrogens is 2. The number of aromatic hydroxyl groups is 2. The van der Waals surface area contributed by atoms with Gasteiger partial charge in [0.1, 0.15) is 16.5 Å². The van der Waals surface area contributed by atoms with Crippen LogP contribution in [-0.4, -0.2) is 37.7 Å². The lowest BCUT2D eigenvalue weighted by Crippen LogP contribution is -2.33. The summed E-state index contributed by atoms with van der Waals surface area (Å²) in [6, 6.07) is 7.67. The third kappa shape index (κ3) is 4.06. The van der Waals surface area contributed by atoms with Gasteiger partial charge in [-0.05, 0) is 17.7 Å². The number of halogens is 1. The van der Waals surface area contributed by atoms with Gasteiger partial charge < -0.3 is 31.4 Å². The molecule has 0 aliphatic rings. The van der Waals surface area contributed by atoms with E-state index in [1.165, 1.54) is 6.07 Å². The molecule has 1 amide bonds. The molecule has 0 fully saturated rings. The Labute approximate surface area is 163 Å². The molecular formula is C17H17ClN4O4S. The maximum Gasteiger partial charge on any atom is 0.272 e. The van der Waals surface area contributed by atoms with Gasteiger partial charge in [-0.2, -0.15) is 0 Å². The molecule has 0 saturated heterocycles. The Hall–Kier alpha value is -2.59. The maximum atomic E-state index is 12.6. The van der Waals surface area contributed by atoms with Crippen LogP contribution in [0.2, 0.25) is 5.02 Å².